The van der Waals surface area contributed by atoms with Gasteiger partial charge in [0.15, 0.2) is 9.84 Å². The zero-order valence-electron chi connectivity index (χ0n) is 23.1. The van der Waals surface area contributed by atoms with Crippen molar-refractivity contribution >= 4 is 21.4 Å². The van der Waals surface area contributed by atoms with Crippen LogP contribution in [0.4, 0.5) is 5.69 Å². The van der Waals surface area contributed by atoms with Crippen LogP contribution in [0.1, 0.15) is 72.1 Å². The Labute approximate surface area is 228 Å². The van der Waals surface area contributed by atoms with Crippen molar-refractivity contribution in [3.05, 3.63) is 94.5 Å². The molecule has 0 N–H and O–H groups in total. The van der Waals surface area contributed by atoms with Gasteiger partial charge in [-0.05, 0) is 66.1 Å². The van der Waals surface area contributed by atoms with E-state index in [0.29, 0.717) is 24.6 Å². The number of rotatable bonds is 9. The van der Waals surface area contributed by atoms with Gasteiger partial charge in [-0.1, -0.05) is 75.7 Å². The summed E-state index contributed by atoms with van der Waals surface area (Å²) in [6.45, 7) is 11.1. The van der Waals surface area contributed by atoms with Crippen LogP contribution in [0.25, 0.3) is 0 Å². The largest absolute Gasteiger partial charge is 0.368 e. The highest BCUT2D eigenvalue weighted by Crippen LogP contribution is 2.29. The molecule has 0 saturated carbocycles. The molecular weight excluding hydrogens is 492 g/mol. The molecule has 1 aliphatic rings. The van der Waals surface area contributed by atoms with Gasteiger partial charge in [0.05, 0.1) is 10.6 Å². The molecule has 6 heteroatoms. The molecule has 5 nitrogen and oxygen atoms in total. The lowest BCUT2D eigenvalue weighted by molar-refractivity contribution is 0.0745. The molecule has 38 heavy (non-hydrogen) atoms. The van der Waals surface area contributed by atoms with Crippen LogP contribution < -0.4 is 4.90 Å². The van der Waals surface area contributed by atoms with Gasteiger partial charge in [0.2, 0.25) is 0 Å². The molecule has 0 atom stereocenters. The zero-order valence-corrected chi connectivity index (χ0v) is 23.9. The van der Waals surface area contributed by atoms with E-state index in [9.17, 15) is 13.2 Å². The molecule has 0 aromatic heterocycles. The molecule has 1 fully saturated rings. The van der Waals surface area contributed by atoms with Crippen LogP contribution in [-0.4, -0.2) is 45.4 Å². The lowest BCUT2D eigenvalue weighted by atomic mass is 10.00. The van der Waals surface area contributed by atoms with Gasteiger partial charge in [-0.15, -0.1) is 0 Å². The quantitative estimate of drug-likeness (QED) is 0.320. The second kappa shape index (κ2) is 12.2. The third-order valence-electron chi connectivity index (χ3n) is 7.46. The first kappa shape index (κ1) is 27.9. The fourth-order valence-corrected chi connectivity index (χ4v) is 6.47. The van der Waals surface area contributed by atoms with E-state index in [-0.39, 0.29) is 16.6 Å². The van der Waals surface area contributed by atoms with E-state index in [2.05, 4.69) is 49.9 Å². The SMILES string of the molecule is CCCCc1ccc(CS(=O)(=O)c2ccc(C)c(C(=O)N3CCN(c4ccccc4C(C)C)CC3)c2)cc1. The van der Waals surface area contributed by atoms with Gasteiger partial charge in [0.25, 0.3) is 5.91 Å². The Kier molecular flexibility index (Phi) is 8.93. The fraction of sp³-hybridized carbons (Fsp3) is 0.406. The lowest BCUT2D eigenvalue weighted by Gasteiger charge is -2.37. The van der Waals surface area contributed by atoms with E-state index in [4.69, 9.17) is 0 Å². The number of carbonyl (C=O) groups is 1. The summed E-state index contributed by atoms with van der Waals surface area (Å²) in [7, 11) is -3.58. The number of amides is 1. The standard InChI is InChI=1S/C32H40N2O3S/c1-5-6-9-26-13-15-27(16-14-26)23-38(36,37)28-17-12-25(4)30(22-28)32(35)34-20-18-33(19-21-34)31-11-8-7-10-29(31)24(2)3/h7-8,10-17,22,24H,5-6,9,18-21,23H2,1-4H3. The Bertz CT molecular complexity index is 1360. The number of unbranched alkanes of at least 4 members (excludes halogenated alkanes) is 1. The van der Waals surface area contributed by atoms with Crippen molar-refractivity contribution in [3.8, 4) is 0 Å². The highest BCUT2D eigenvalue weighted by Gasteiger charge is 2.26. The molecule has 202 valence electrons. The summed E-state index contributed by atoms with van der Waals surface area (Å²) in [4.78, 5) is 17.9. The predicted molar refractivity (Wildman–Crippen MR) is 156 cm³/mol. The molecule has 0 unspecified atom stereocenters. The average molecular weight is 533 g/mol. The number of hydrogen-bond acceptors (Lipinski definition) is 4. The highest BCUT2D eigenvalue weighted by atomic mass is 32.2. The molecule has 3 aromatic carbocycles. The van der Waals surface area contributed by atoms with E-state index in [1.807, 2.05) is 36.1 Å². The minimum atomic E-state index is -3.58. The number of hydrogen-bond donors (Lipinski definition) is 0. The van der Waals surface area contributed by atoms with E-state index in [1.54, 1.807) is 18.2 Å². The lowest BCUT2D eigenvalue weighted by Crippen LogP contribution is -2.49. The first-order valence-corrected chi connectivity index (χ1v) is 15.4. The van der Waals surface area contributed by atoms with Crippen molar-refractivity contribution in [2.24, 2.45) is 0 Å². The molecule has 1 aliphatic heterocycles. The predicted octanol–water partition coefficient (Wildman–Crippen LogP) is 6.40. The van der Waals surface area contributed by atoms with Crippen molar-refractivity contribution in [3.63, 3.8) is 0 Å². The van der Waals surface area contributed by atoms with Crippen molar-refractivity contribution in [2.45, 2.75) is 63.5 Å². The maximum absolute atomic E-state index is 13.5. The number of sulfone groups is 1. The third-order valence-corrected chi connectivity index (χ3v) is 9.15. The number of anilines is 1. The smallest absolute Gasteiger partial charge is 0.254 e. The van der Waals surface area contributed by atoms with Gasteiger partial charge >= 0.3 is 0 Å². The third kappa shape index (κ3) is 6.47. The Morgan fingerprint density at radius 1 is 0.895 bits per heavy atom. The summed E-state index contributed by atoms with van der Waals surface area (Å²) >= 11 is 0. The van der Waals surface area contributed by atoms with Crippen molar-refractivity contribution < 1.29 is 13.2 Å². The van der Waals surface area contributed by atoms with Crippen molar-refractivity contribution in [1.29, 1.82) is 0 Å². The average Bonchev–Trinajstić information content (AvgIpc) is 2.92. The van der Waals surface area contributed by atoms with Gasteiger partial charge in [-0.2, -0.15) is 0 Å². The normalized spacial score (nSPS) is 14.2. The second-order valence-electron chi connectivity index (χ2n) is 10.6. The molecule has 1 amide bonds. The van der Waals surface area contributed by atoms with Gasteiger partial charge in [-0.3, -0.25) is 4.79 Å². The monoisotopic (exact) mass is 532 g/mol. The van der Waals surface area contributed by atoms with Crippen LogP contribution in [0, 0.1) is 6.92 Å². The molecule has 3 aromatic rings. The van der Waals surface area contributed by atoms with E-state index in [1.165, 1.54) is 16.8 Å². The Morgan fingerprint density at radius 2 is 1.55 bits per heavy atom. The first-order chi connectivity index (χ1) is 18.2. The molecular formula is C32H40N2O3S. The molecule has 1 heterocycles. The van der Waals surface area contributed by atoms with E-state index < -0.39 is 9.84 Å². The number of aryl methyl sites for hydroxylation is 2. The van der Waals surface area contributed by atoms with Crippen LogP contribution in [0.15, 0.2) is 71.6 Å². The van der Waals surface area contributed by atoms with Crippen molar-refractivity contribution in [2.75, 3.05) is 31.1 Å². The summed E-state index contributed by atoms with van der Waals surface area (Å²) in [5.41, 5.74) is 5.80. The van der Waals surface area contributed by atoms with E-state index >= 15 is 0 Å². The molecule has 0 aliphatic carbocycles. The molecule has 4 rings (SSSR count). The summed E-state index contributed by atoms with van der Waals surface area (Å²) < 4.78 is 26.6. The van der Waals surface area contributed by atoms with E-state index in [0.717, 1.165) is 43.5 Å². The summed E-state index contributed by atoms with van der Waals surface area (Å²) in [5, 5.41) is 0. The maximum atomic E-state index is 13.5. The Balaban J connectivity index is 1.46. The van der Waals surface area contributed by atoms with Gasteiger partial charge in [0.1, 0.15) is 0 Å². The Hall–Kier alpha value is -3.12. The Morgan fingerprint density at radius 3 is 2.21 bits per heavy atom. The minimum absolute atomic E-state index is 0.0777. The number of carbonyl (C=O) groups excluding carboxylic acids is 1. The number of nitrogens with zero attached hydrogens (tertiary/aromatic N) is 2. The van der Waals surface area contributed by atoms with Gasteiger partial charge in [-0.25, -0.2) is 8.42 Å². The summed E-state index contributed by atoms with van der Waals surface area (Å²) in [5.74, 6) is 0.250. The van der Waals surface area contributed by atoms with Crippen LogP contribution in [0.3, 0.4) is 0 Å². The van der Waals surface area contributed by atoms with Gasteiger partial charge in [0, 0.05) is 37.4 Å². The first-order valence-electron chi connectivity index (χ1n) is 13.7. The zero-order chi connectivity index (χ0) is 27.3. The highest BCUT2D eigenvalue weighted by molar-refractivity contribution is 7.90. The summed E-state index contributed by atoms with van der Waals surface area (Å²) in [6.07, 6.45) is 3.26. The van der Waals surface area contributed by atoms with Crippen LogP contribution >= 0.6 is 0 Å². The molecule has 0 spiro atoms. The van der Waals surface area contributed by atoms with Gasteiger partial charge < -0.3 is 9.80 Å². The van der Waals surface area contributed by atoms with Crippen LogP contribution in [-0.2, 0) is 22.0 Å². The number of para-hydroxylation sites is 1. The fourth-order valence-electron chi connectivity index (χ4n) is 5.10. The van der Waals surface area contributed by atoms with Crippen molar-refractivity contribution in [1.82, 2.24) is 4.90 Å². The van der Waals surface area contributed by atoms with Crippen LogP contribution in [0.5, 0.6) is 0 Å². The van der Waals surface area contributed by atoms with Crippen LogP contribution in [0.2, 0.25) is 0 Å². The second-order valence-corrected chi connectivity index (χ2v) is 12.6. The summed E-state index contributed by atoms with van der Waals surface area (Å²) in [6, 6.07) is 21.3. The molecule has 0 radical (unpaired) electrons. The number of benzene rings is 3. The maximum Gasteiger partial charge on any atom is 0.254 e. The number of piperazine rings is 1. The molecule has 1 saturated heterocycles. The topological polar surface area (TPSA) is 57.7 Å². The minimum Gasteiger partial charge on any atom is -0.368 e. The molecule has 0 bridgehead atoms.